The Morgan fingerprint density at radius 1 is 1.53 bits per heavy atom. The molecule has 19 heavy (non-hydrogen) atoms. The molecule has 0 bridgehead atoms. The van der Waals surface area contributed by atoms with Gasteiger partial charge in [0.25, 0.3) is 0 Å². The normalized spacial score (nSPS) is 9.68. The molecule has 1 aromatic heterocycles. The second-order valence-corrected chi connectivity index (χ2v) is 4.58. The predicted molar refractivity (Wildman–Crippen MR) is 70.3 cm³/mol. The summed E-state index contributed by atoms with van der Waals surface area (Å²) in [5.74, 6) is -0.531. The van der Waals surface area contributed by atoms with Crippen LogP contribution in [-0.2, 0) is 9.53 Å². The third-order valence-corrected chi connectivity index (χ3v) is 3.55. The van der Waals surface area contributed by atoms with Crippen LogP contribution in [-0.4, -0.2) is 18.7 Å². The van der Waals surface area contributed by atoms with Gasteiger partial charge in [-0.05, 0) is 25.1 Å². The summed E-state index contributed by atoms with van der Waals surface area (Å²) in [6, 6.07) is 6.94. The van der Waals surface area contributed by atoms with Gasteiger partial charge in [0.15, 0.2) is 0 Å². The molecule has 0 fully saturated rings. The molecule has 0 radical (unpaired) electrons. The van der Waals surface area contributed by atoms with Gasteiger partial charge in [-0.1, -0.05) is 0 Å². The van der Waals surface area contributed by atoms with Crippen molar-refractivity contribution in [3.63, 3.8) is 0 Å². The molecule has 0 atom stereocenters. The fraction of sp³-hybridized carbons (Fsp3) is 0.154. The van der Waals surface area contributed by atoms with E-state index >= 15 is 0 Å². The molecule has 94 valence electrons. The molecular weight excluding hydrogens is 264 g/mol. The molecule has 0 aliphatic heterocycles. The zero-order valence-electron chi connectivity index (χ0n) is 9.97. The van der Waals surface area contributed by atoms with Gasteiger partial charge in [0, 0.05) is 10.1 Å². The molecule has 2 aromatic rings. The third kappa shape index (κ3) is 2.38. The second kappa shape index (κ2) is 5.44. The van der Waals surface area contributed by atoms with Gasteiger partial charge in [-0.15, -0.1) is 11.3 Å². The van der Waals surface area contributed by atoms with E-state index in [-0.39, 0.29) is 17.2 Å². The van der Waals surface area contributed by atoms with Crippen LogP contribution in [0.15, 0.2) is 23.2 Å². The number of hydrogen-bond acceptors (Lipinski definition) is 6. The van der Waals surface area contributed by atoms with Crippen molar-refractivity contribution in [2.75, 3.05) is 6.61 Å². The van der Waals surface area contributed by atoms with Crippen LogP contribution >= 0.6 is 11.3 Å². The lowest BCUT2D eigenvalue weighted by molar-refractivity contribution is 0.0533. The third-order valence-electron chi connectivity index (χ3n) is 2.41. The summed E-state index contributed by atoms with van der Waals surface area (Å²) in [6.07, 6.45) is 1.43. The zero-order valence-corrected chi connectivity index (χ0v) is 10.8. The van der Waals surface area contributed by atoms with Gasteiger partial charge in [-0.3, -0.25) is 0 Å². The number of ether oxygens (including phenoxy) is 1. The number of thiophene rings is 1. The van der Waals surface area contributed by atoms with Crippen molar-refractivity contribution in [1.82, 2.24) is 0 Å². The molecule has 0 N–H and O–H groups in total. The van der Waals surface area contributed by atoms with E-state index in [1.165, 1.54) is 17.4 Å². The largest absolute Gasteiger partial charge is 0.462 e. The second-order valence-electron chi connectivity index (χ2n) is 3.53. The maximum Gasteiger partial charge on any atom is 0.350 e. The number of esters is 1. The molecule has 0 amide bonds. The topological polar surface area (TPSA) is 79.5 Å². The van der Waals surface area contributed by atoms with Crippen LogP contribution in [0.25, 0.3) is 10.1 Å². The minimum Gasteiger partial charge on any atom is -0.462 e. The number of hydrogen-bond donors (Lipinski definition) is 0. The number of fused-ring (bicyclic) bond motifs is 1. The Kier molecular flexibility index (Phi) is 3.71. The SMILES string of the molecule is CCOC(=O)c1sc2ccc(C#N)cc2c1N=C=O. The maximum atomic E-state index is 11.8. The fourth-order valence-corrected chi connectivity index (χ4v) is 2.66. The summed E-state index contributed by atoms with van der Waals surface area (Å²) >= 11 is 1.17. The number of benzene rings is 1. The van der Waals surface area contributed by atoms with E-state index in [9.17, 15) is 9.59 Å². The minimum atomic E-state index is -0.531. The van der Waals surface area contributed by atoms with Crippen molar-refractivity contribution in [3.8, 4) is 6.07 Å². The molecule has 0 aliphatic carbocycles. The number of nitriles is 1. The van der Waals surface area contributed by atoms with Crippen LogP contribution in [0.4, 0.5) is 5.69 Å². The Bertz CT molecular complexity index is 736. The first-order chi connectivity index (χ1) is 9.21. The van der Waals surface area contributed by atoms with Crippen molar-refractivity contribution < 1.29 is 14.3 Å². The standard InChI is InChI=1S/C13H8N2O3S/c1-2-18-13(17)12-11(15-7-16)9-5-8(6-14)3-4-10(9)19-12/h3-5H,2H2,1H3. The molecule has 0 aliphatic rings. The number of rotatable bonds is 3. The van der Waals surface area contributed by atoms with Gasteiger partial charge in [0.1, 0.15) is 10.6 Å². The van der Waals surface area contributed by atoms with E-state index < -0.39 is 5.97 Å². The molecule has 2 rings (SSSR count). The van der Waals surface area contributed by atoms with Crippen molar-refractivity contribution in [1.29, 1.82) is 5.26 Å². The van der Waals surface area contributed by atoms with Crippen LogP contribution in [0.1, 0.15) is 22.2 Å². The lowest BCUT2D eigenvalue weighted by atomic mass is 10.1. The molecule has 0 saturated heterocycles. The Morgan fingerprint density at radius 2 is 2.32 bits per heavy atom. The van der Waals surface area contributed by atoms with Gasteiger partial charge >= 0.3 is 5.97 Å². The van der Waals surface area contributed by atoms with E-state index in [2.05, 4.69) is 4.99 Å². The van der Waals surface area contributed by atoms with Gasteiger partial charge in [-0.25, -0.2) is 9.59 Å². The summed E-state index contributed by atoms with van der Waals surface area (Å²) in [5, 5.41) is 9.45. The van der Waals surface area contributed by atoms with Gasteiger partial charge < -0.3 is 4.74 Å². The Morgan fingerprint density at radius 3 is 2.95 bits per heavy atom. The van der Waals surface area contributed by atoms with Gasteiger partial charge in [-0.2, -0.15) is 10.3 Å². The van der Waals surface area contributed by atoms with Gasteiger partial charge in [0.05, 0.1) is 18.2 Å². The molecular formula is C13H8N2O3S. The molecule has 1 aromatic carbocycles. The minimum absolute atomic E-state index is 0.213. The molecule has 1 heterocycles. The summed E-state index contributed by atoms with van der Waals surface area (Å²) in [5.41, 5.74) is 0.647. The zero-order chi connectivity index (χ0) is 13.8. The molecule has 5 nitrogen and oxygen atoms in total. The average molecular weight is 272 g/mol. The highest BCUT2D eigenvalue weighted by Gasteiger charge is 2.19. The van der Waals surface area contributed by atoms with Gasteiger partial charge in [0.2, 0.25) is 6.08 Å². The van der Waals surface area contributed by atoms with Crippen molar-refractivity contribution >= 4 is 39.2 Å². The maximum absolute atomic E-state index is 11.8. The summed E-state index contributed by atoms with van der Waals surface area (Å²) in [7, 11) is 0. The Balaban J connectivity index is 2.71. The van der Waals surface area contributed by atoms with Crippen molar-refractivity contribution in [2.45, 2.75) is 6.92 Å². The number of isocyanates is 1. The monoisotopic (exact) mass is 272 g/mol. The Labute approximate surface area is 112 Å². The summed E-state index contributed by atoms with van der Waals surface area (Å²) in [6.45, 7) is 1.93. The lowest BCUT2D eigenvalue weighted by Crippen LogP contribution is -2.02. The van der Waals surface area contributed by atoms with E-state index in [1.807, 2.05) is 6.07 Å². The number of carbonyl (C=O) groups excluding carboxylic acids is 2. The Hall–Kier alpha value is -2.48. The number of carbonyl (C=O) groups is 1. The highest BCUT2D eigenvalue weighted by Crippen LogP contribution is 2.38. The number of aliphatic imine (C=N–C) groups is 1. The van der Waals surface area contributed by atoms with Crippen LogP contribution in [0.3, 0.4) is 0 Å². The van der Waals surface area contributed by atoms with Crippen molar-refractivity contribution in [2.24, 2.45) is 4.99 Å². The van der Waals surface area contributed by atoms with Crippen LogP contribution in [0.2, 0.25) is 0 Å². The first-order valence-corrected chi connectivity index (χ1v) is 6.24. The average Bonchev–Trinajstić information content (AvgIpc) is 2.78. The summed E-state index contributed by atoms with van der Waals surface area (Å²) in [4.78, 5) is 26.1. The number of nitrogens with zero attached hydrogens (tertiary/aromatic N) is 2. The lowest BCUT2D eigenvalue weighted by Gasteiger charge is -1.98. The van der Waals surface area contributed by atoms with Crippen LogP contribution < -0.4 is 0 Å². The first kappa shape index (κ1) is 13.0. The van der Waals surface area contributed by atoms with E-state index in [0.717, 1.165) is 4.70 Å². The first-order valence-electron chi connectivity index (χ1n) is 5.43. The van der Waals surface area contributed by atoms with E-state index in [0.29, 0.717) is 10.9 Å². The molecule has 0 spiro atoms. The van der Waals surface area contributed by atoms with Crippen molar-refractivity contribution in [3.05, 3.63) is 28.6 Å². The summed E-state index contributed by atoms with van der Waals surface area (Å²) < 4.78 is 5.68. The van der Waals surface area contributed by atoms with E-state index in [4.69, 9.17) is 10.00 Å². The molecule has 6 heteroatoms. The quantitative estimate of drug-likeness (QED) is 0.489. The van der Waals surface area contributed by atoms with Crippen LogP contribution in [0, 0.1) is 11.3 Å². The van der Waals surface area contributed by atoms with Crippen LogP contribution in [0.5, 0.6) is 0 Å². The molecule has 0 unspecified atom stereocenters. The smallest absolute Gasteiger partial charge is 0.350 e. The fourth-order valence-electron chi connectivity index (χ4n) is 1.65. The van der Waals surface area contributed by atoms with E-state index in [1.54, 1.807) is 25.1 Å². The highest BCUT2D eigenvalue weighted by molar-refractivity contribution is 7.21. The highest BCUT2D eigenvalue weighted by atomic mass is 32.1. The molecule has 0 saturated carbocycles. The predicted octanol–water partition coefficient (Wildman–Crippen LogP) is 2.92.